The van der Waals surface area contributed by atoms with Gasteiger partial charge in [-0.3, -0.25) is 0 Å². The minimum atomic E-state index is -1.07. The Morgan fingerprint density at radius 1 is 0.371 bits per heavy atom. The van der Waals surface area contributed by atoms with Crippen LogP contribution in [0, 0.1) is 0 Å². The molecule has 0 rings (SSSR count). The summed E-state index contributed by atoms with van der Waals surface area (Å²) in [6, 6.07) is 0. The zero-order valence-electron chi connectivity index (χ0n) is 24.0. The van der Waals surface area contributed by atoms with Gasteiger partial charge in [0.2, 0.25) is 0 Å². The lowest BCUT2D eigenvalue weighted by Crippen LogP contribution is -2.42. The molecule has 35 heavy (non-hydrogen) atoms. The topological polar surface area (TPSA) is 64.6 Å². The molecule has 7 nitrogen and oxygen atoms in total. The molecule has 0 atom stereocenters. The average molecular weight is 507 g/mol. The van der Waals surface area contributed by atoms with Crippen molar-refractivity contribution in [3.63, 3.8) is 0 Å². The first-order valence-corrected chi connectivity index (χ1v) is 14.5. The Bertz CT molecular complexity index is 380. The Morgan fingerprint density at radius 3 is 1.00 bits per heavy atom. The first-order valence-electron chi connectivity index (χ1n) is 14.5. The number of ether oxygens (including phenoxy) is 7. The Labute approximate surface area is 216 Å². The zero-order valence-corrected chi connectivity index (χ0v) is 24.0. The van der Waals surface area contributed by atoms with E-state index in [1.807, 2.05) is 0 Å². The van der Waals surface area contributed by atoms with E-state index in [0.717, 1.165) is 51.4 Å². The van der Waals surface area contributed by atoms with Crippen molar-refractivity contribution in [1.82, 2.24) is 0 Å². The van der Waals surface area contributed by atoms with Crippen LogP contribution in [-0.4, -0.2) is 52.0 Å². The van der Waals surface area contributed by atoms with Crippen LogP contribution in [0.15, 0.2) is 0 Å². The van der Waals surface area contributed by atoms with E-state index in [1.54, 1.807) is 0 Å². The Hall–Kier alpha value is -0.280. The molecule has 0 aromatic heterocycles. The first-order chi connectivity index (χ1) is 17.1. The predicted octanol–water partition coefficient (Wildman–Crippen LogP) is 7.91. The molecule has 0 aromatic rings. The third-order valence-corrected chi connectivity index (χ3v) is 5.50. The van der Waals surface area contributed by atoms with E-state index in [0.29, 0.717) is 39.3 Å². The highest BCUT2D eigenvalue weighted by Crippen LogP contribution is 2.27. The monoisotopic (exact) mass is 506 g/mol. The fraction of sp³-hybridized carbons (Fsp3) is 1.00. The van der Waals surface area contributed by atoms with Gasteiger partial charge in [-0.15, -0.1) is 0 Å². The highest BCUT2D eigenvalue weighted by atomic mass is 16.9. The van der Waals surface area contributed by atoms with Gasteiger partial charge in [-0.05, 0) is 38.5 Å². The second-order valence-corrected chi connectivity index (χ2v) is 9.11. The molecule has 0 unspecified atom stereocenters. The highest BCUT2D eigenvalue weighted by Gasteiger charge is 2.35. The fourth-order valence-corrected chi connectivity index (χ4v) is 3.55. The summed E-state index contributed by atoms with van der Waals surface area (Å²) in [4.78, 5) is 0. The van der Waals surface area contributed by atoms with Crippen molar-refractivity contribution in [2.24, 2.45) is 0 Å². The van der Waals surface area contributed by atoms with Crippen molar-refractivity contribution in [2.75, 3.05) is 40.0 Å². The van der Waals surface area contributed by atoms with Gasteiger partial charge in [-0.1, -0.05) is 80.1 Å². The van der Waals surface area contributed by atoms with Crippen LogP contribution in [0.1, 0.15) is 131 Å². The van der Waals surface area contributed by atoms with E-state index in [4.69, 9.17) is 33.2 Å². The van der Waals surface area contributed by atoms with Crippen molar-refractivity contribution in [1.29, 1.82) is 0 Å². The Morgan fingerprint density at radius 2 is 0.714 bits per heavy atom. The average Bonchev–Trinajstić information content (AvgIpc) is 2.88. The Balaban J connectivity index is 4.99. The summed E-state index contributed by atoms with van der Waals surface area (Å²) >= 11 is 0. The van der Waals surface area contributed by atoms with Gasteiger partial charge in [0.1, 0.15) is 0 Å². The fourth-order valence-electron chi connectivity index (χ4n) is 3.55. The Kier molecular flexibility index (Phi) is 23.9. The van der Waals surface area contributed by atoms with Crippen LogP contribution >= 0.6 is 0 Å². The summed E-state index contributed by atoms with van der Waals surface area (Å²) in [6.45, 7) is 15.1. The molecule has 0 fully saturated rings. The van der Waals surface area contributed by atoms with Gasteiger partial charge in [-0.2, -0.15) is 0 Å². The van der Waals surface area contributed by atoms with Gasteiger partial charge in [0.15, 0.2) is 13.6 Å². The lowest BCUT2D eigenvalue weighted by atomic mass is 10.1. The normalized spacial score (nSPS) is 12.5. The summed E-state index contributed by atoms with van der Waals surface area (Å²) in [6.07, 6.45) is 13.9. The second kappa shape index (κ2) is 24.1. The maximum absolute atomic E-state index is 6.08. The smallest absolute Gasteiger partial charge is 0.284 e. The molecule has 0 aliphatic rings. The quantitative estimate of drug-likeness (QED) is 0.0789. The van der Waals surface area contributed by atoms with E-state index in [-0.39, 0.29) is 13.6 Å². The van der Waals surface area contributed by atoms with Gasteiger partial charge < -0.3 is 33.2 Å². The first kappa shape index (κ1) is 34.7. The van der Waals surface area contributed by atoms with E-state index in [9.17, 15) is 0 Å². The maximum Gasteiger partial charge on any atom is 0.284 e. The van der Waals surface area contributed by atoms with Gasteiger partial charge >= 0.3 is 0 Å². The zero-order chi connectivity index (χ0) is 26.1. The SMILES string of the molecule is CCCCCCC(OCCC)(OCCC)OCOCOC(CCCCCC)(OCCC)OCCC. The molecule has 212 valence electrons. The van der Waals surface area contributed by atoms with Crippen LogP contribution in [0.3, 0.4) is 0 Å². The van der Waals surface area contributed by atoms with Crippen molar-refractivity contribution < 1.29 is 33.2 Å². The van der Waals surface area contributed by atoms with Crippen LogP contribution < -0.4 is 0 Å². The molecule has 0 radical (unpaired) electrons. The van der Waals surface area contributed by atoms with E-state index >= 15 is 0 Å². The molecule has 0 aliphatic heterocycles. The van der Waals surface area contributed by atoms with E-state index in [1.165, 1.54) is 25.7 Å². The summed E-state index contributed by atoms with van der Waals surface area (Å²) in [5.74, 6) is -2.15. The van der Waals surface area contributed by atoms with Crippen LogP contribution in [0.25, 0.3) is 0 Å². The van der Waals surface area contributed by atoms with Crippen LogP contribution in [0.4, 0.5) is 0 Å². The molecule has 0 amide bonds. The van der Waals surface area contributed by atoms with Crippen LogP contribution in [-0.2, 0) is 33.2 Å². The standard InChI is InChI=1S/C28H58O7/c1-7-13-15-17-19-27(30-21-9-3,31-22-10-4)34-25-29-26-35-28(32-23-11-5,33-24-12-6)20-18-16-14-8-2/h7-26H2,1-6H3. The van der Waals surface area contributed by atoms with E-state index < -0.39 is 11.9 Å². The van der Waals surface area contributed by atoms with E-state index in [2.05, 4.69) is 41.5 Å². The molecular weight excluding hydrogens is 448 g/mol. The number of hydrogen-bond acceptors (Lipinski definition) is 7. The third-order valence-electron chi connectivity index (χ3n) is 5.50. The van der Waals surface area contributed by atoms with Gasteiger partial charge in [0, 0.05) is 12.8 Å². The van der Waals surface area contributed by atoms with Crippen LogP contribution in [0.5, 0.6) is 0 Å². The molecular formula is C28H58O7. The molecule has 0 aromatic carbocycles. The highest BCUT2D eigenvalue weighted by molar-refractivity contribution is 4.61. The lowest BCUT2D eigenvalue weighted by Gasteiger charge is -2.34. The molecule has 0 heterocycles. The van der Waals surface area contributed by atoms with Crippen molar-refractivity contribution in [3.05, 3.63) is 0 Å². The molecule has 0 aliphatic carbocycles. The van der Waals surface area contributed by atoms with Gasteiger partial charge in [-0.25, -0.2) is 0 Å². The van der Waals surface area contributed by atoms with Gasteiger partial charge in [0.25, 0.3) is 11.9 Å². The summed E-state index contributed by atoms with van der Waals surface area (Å²) < 4.78 is 42.2. The maximum atomic E-state index is 6.08. The second-order valence-electron chi connectivity index (χ2n) is 9.11. The molecule has 0 saturated heterocycles. The third kappa shape index (κ3) is 17.7. The molecule has 0 N–H and O–H groups in total. The minimum Gasteiger partial charge on any atom is -0.329 e. The number of hydrogen-bond donors (Lipinski definition) is 0. The summed E-state index contributed by atoms with van der Waals surface area (Å²) in [7, 11) is 0. The number of unbranched alkanes of at least 4 members (excludes halogenated alkanes) is 6. The summed E-state index contributed by atoms with van der Waals surface area (Å²) in [5.41, 5.74) is 0. The molecule has 0 bridgehead atoms. The minimum absolute atomic E-state index is 0.00861. The van der Waals surface area contributed by atoms with Gasteiger partial charge in [0.05, 0.1) is 26.4 Å². The summed E-state index contributed by atoms with van der Waals surface area (Å²) in [5, 5.41) is 0. The van der Waals surface area contributed by atoms with Crippen molar-refractivity contribution >= 4 is 0 Å². The molecule has 0 spiro atoms. The number of rotatable bonds is 28. The molecule has 0 saturated carbocycles. The van der Waals surface area contributed by atoms with Crippen molar-refractivity contribution in [2.45, 2.75) is 143 Å². The lowest BCUT2D eigenvalue weighted by molar-refractivity contribution is -0.424. The predicted molar refractivity (Wildman–Crippen MR) is 141 cm³/mol. The molecule has 7 heteroatoms. The van der Waals surface area contributed by atoms with Crippen molar-refractivity contribution in [3.8, 4) is 0 Å². The largest absolute Gasteiger partial charge is 0.329 e. The van der Waals surface area contributed by atoms with Crippen LogP contribution in [0.2, 0.25) is 0 Å².